The van der Waals surface area contributed by atoms with Crippen LogP contribution in [0.5, 0.6) is 5.75 Å². The number of nitrogens with one attached hydrogen (secondary N) is 1. The largest absolute Gasteiger partial charge is 0.481 e. The van der Waals surface area contributed by atoms with Crippen LogP contribution in [0.15, 0.2) is 18.2 Å². The first-order chi connectivity index (χ1) is 9.97. The van der Waals surface area contributed by atoms with Crippen LogP contribution in [-0.2, 0) is 4.79 Å². The highest BCUT2D eigenvalue weighted by molar-refractivity contribution is 5.81. The zero-order valence-electron chi connectivity index (χ0n) is 13.2. The zero-order valence-corrected chi connectivity index (χ0v) is 13.2. The van der Waals surface area contributed by atoms with E-state index >= 15 is 0 Å². The molecule has 3 N–H and O–H groups in total. The van der Waals surface area contributed by atoms with Crippen molar-refractivity contribution in [3.63, 3.8) is 0 Å². The Morgan fingerprint density at radius 2 is 2.00 bits per heavy atom. The predicted octanol–water partition coefficient (Wildman–Crippen LogP) is 2.84. The Morgan fingerprint density at radius 3 is 2.57 bits per heavy atom. The van der Waals surface area contributed by atoms with Gasteiger partial charge in [-0.25, -0.2) is 0 Å². The van der Waals surface area contributed by atoms with E-state index in [1.165, 1.54) is 12.8 Å². The van der Waals surface area contributed by atoms with Gasteiger partial charge in [0.2, 0.25) is 0 Å². The summed E-state index contributed by atoms with van der Waals surface area (Å²) in [4.78, 5) is 12.1. The summed E-state index contributed by atoms with van der Waals surface area (Å²) < 4.78 is 5.80. The fraction of sp³-hybridized carbons (Fsp3) is 0.588. The van der Waals surface area contributed by atoms with E-state index in [0.717, 1.165) is 29.7 Å². The van der Waals surface area contributed by atoms with Crippen molar-refractivity contribution < 1.29 is 9.53 Å². The number of rotatable bonds is 5. The molecule has 0 aliphatic heterocycles. The lowest BCUT2D eigenvalue weighted by atomic mass is 10.1. The van der Waals surface area contributed by atoms with Crippen molar-refractivity contribution in [2.45, 2.75) is 64.6 Å². The molecule has 2 unspecified atom stereocenters. The molecule has 0 spiro atoms. The first kappa shape index (κ1) is 15.8. The average Bonchev–Trinajstić information content (AvgIpc) is 2.93. The molecule has 1 aliphatic carbocycles. The minimum Gasteiger partial charge on any atom is -0.481 e. The van der Waals surface area contributed by atoms with Gasteiger partial charge >= 0.3 is 0 Å². The molecule has 1 aromatic carbocycles. The van der Waals surface area contributed by atoms with Crippen molar-refractivity contribution in [1.82, 2.24) is 5.32 Å². The van der Waals surface area contributed by atoms with Crippen molar-refractivity contribution in [1.29, 1.82) is 0 Å². The molecule has 4 heteroatoms. The first-order valence-corrected chi connectivity index (χ1v) is 7.80. The van der Waals surface area contributed by atoms with Crippen LogP contribution in [0.2, 0.25) is 0 Å². The summed E-state index contributed by atoms with van der Waals surface area (Å²) in [7, 11) is 0. The van der Waals surface area contributed by atoms with E-state index in [2.05, 4.69) is 5.32 Å². The SMILES string of the molecule is Cc1cc(C(C)N)ccc1OC(C)C(=O)NC1CCCC1. The highest BCUT2D eigenvalue weighted by Crippen LogP contribution is 2.23. The Balaban J connectivity index is 1.95. The van der Waals surface area contributed by atoms with E-state index in [-0.39, 0.29) is 11.9 Å². The lowest BCUT2D eigenvalue weighted by Crippen LogP contribution is -2.41. The number of carbonyl (C=O) groups excluding carboxylic acids is 1. The van der Waals surface area contributed by atoms with Crippen molar-refractivity contribution in [3.8, 4) is 5.75 Å². The van der Waals surface area contributed by atoms with Gasteiger partial charge in [-0.2, -0.15) is 0 Å². The van der Waals surface area contributed by atoms with Crippen molar-refractivity contribution in [2.24, 2.45) is 5.73 Å². The molecule has 1 fully saturated rings. The molecule has 116 valence electrons. The van der Waals surface area contributed by atoms with E-state index in [1.54, 1.807) is 6.92 Å². The number of hydrogen-bond acceptors (Lipinski definition) is 3. The lowest BCUT2D eigenvalue weighted by molar-refractivity contribution is -0.127. The van der Waals surface area contributed by atoms with Gasteiger partial charge < -0.3 is 15.8 Å². The molecule has 21 heavy (non-hydrogen) atoms. The number of amides is 1. The topological polar surface area (TPSA) is 64.3 Å². The predicted molar refractivity (Wildman–Crippen MR) is 84.3 cm³/mol. The Morgan fingerprint density at radius 1 is 1.33 bits per heavy atom. The molecule has 0 bridgehead atoms. The van der Waals surface area contributed by atoms with Crippen molar-refractivity contribution >= 4 is 5.91 Å². The summed E-state index contributed by atoms with van der Waals surface area (Å²) in [5, 5.41) is 3.06. The standard InChI is InChI=1S/C17H26N2O2/c1-11-10-14(12(2)18)8-9-16(11)21-13(3)17(20)19-15-6-4-5-7-15/h8-10,12-13,15H,4-7,18H2,1-3H3,(H,19,20). The van der Waals surface area contributed by atoms with Gasteiger partial charge in [-0.05, 0) is 50.8 Å². The Labute approximate surface area is 127 Å². The van der Waals surface area contributed by atoms with Crippen LogP contribution < -0.4 is 15.8 Å². The molecule has 0 aromatic heterocycles. The minimum absolute atomic E-state index is 0.000777. The number of hydrogen-bond donors (Lipinski definition) is 2. The summed E-state index contributed by atoms with van der Waals surface area (Å²) in [6, 6.07) is 6.19. The number of ether oxygens (including phenoxy) is 1. The van der Waals surface area contributed by atoms with E-state index in [1.807, 2.05) is 32.0 Å². The van der Waals surface area contributed by atoms with Gasteiger partial charge in [-0.3, -0.25) is 4.79 Å². The third-order valence-corrected chi connectivity index (χ3v) is 4.10. The maximum absolute atomic E-state index is 12.1. The molecule has 1 aliphatic rings. The minimum atomic E-state index is -0.481. The summed E-state index contributed by atoms with van der Waals surface area (Å²) in [6.07, 6.45) is 4.10. The van der Waals surface area contributed by atoms with Crippen LogP contribution in [0.4, 0.5) is 0 Å². The average molecular weight is 290 g/mol. The van der Waals surface area contributed by atoms with Crippen molar-refractivity contribution in [2.75, 3.05) is 0 Å². The highest BCUT2D eigenvalue weighted by Gasteiger charge is 2.22. The maximum Gasteiger partial charge on any atom is 0.260 e. The Kier molecular flexibility index (Phi) is 5.23. The molecule has 1 amide bonds. The fourth-order valence-electron chi connectivity index (χ4n) is 2.72. The third-order valence-electron chi connectivity index (χ3n) is 4.10. The number of nitrogens with two attached hydrogens (primary N) is 1. The van der Waals surface area contributed by atoms with Crippen LogP contribution in [-0.4, -0.2) is 18.1 Å². The van der Waals surface area contributed by atoms with Crippen LogP contribution in [0, 0.1) is 6.92 Å². The fourth-order valence-corrected chi connectivity index (χ4v) is 2.72. The van der Waals surface area contributed by atoms with E-state index in [4.69, 9.17) is 10.5 Å². The van der Waals surface area contributed by atoms with Gasteiger partial charge in [-0.15, -0.1) is 0 Å². The van der Waals surface area contributed by atoms with Gasteiger partial charge in [0.15, 0.2) is 6.10 Å². The summed E-state index contributed by atoms with van der Waals surface area (Å²) in [6.45, 7) is 5.72. The van der Waals surface area contributed by atoms with Gasteiger partial charge in [0, 0.05) is 12.1 Å². The molecule has 1 aromatic rings. The zero-order chi connectivity index (χ0) is 15.4. The maximum atomic E-state index is 12.1. The van der Waals surface area contributed by atoms with E-state index in [9.17, 15) is 4.79 Å². The summed E-state index contributed by atoms with van der Waals surface area (Å²) in [5.41, 5.74) is 7.95. The molecule has 2 rings (SSSR count). The molecular formula is C17H26N2O2. The molecular weight excluding hydrogens is 264 g/mol. The second-order valence-electron chi connectivity index (χ2n) is 6.06. The number of benzene rings is 1. The van der Waals surface area contributed by atoms with E-state index in [0.29, 0.717) is 6.04 Å². The summed E-state index contributed by atoms with van der Waals surface area (Å²) >= 11 is 0. The Hall–Kier alpha value is -1.55. The van der Waals surface area contributed by atoms with Crippen LogP contribution in [0.1, 0.15) is 56.7 Å². The van der Waals surface area contributed by atoms with Gasteiger partial charge in [0.1, 0.15) is 5.75 Å². The number of aryl methyl sites for hydroxylation is 1. The van der Waals surface area contributed by atoms with Crippen LogP contribution >= 0.6 is 0 Å². The normalized spacial score (nSPS) is 18.3. The smallest absolute Gasteiger partial charge is 0.260 e. The van der Waals surface area contributed by atoms with Gasteiger partial charge in [-0.1, -0.05) is 25.0 Å². The lowest BCUT2D eigenvalue weighted by Gasteiger charge is -2.19. The van der Waals surface area contributed by atoms with Crippen LogP contribution in [0.25, 0.3) is 0 Å². The van der Waals surface area contributed by atoms with E-state index < -0.39 is 6.10 Å². The third kappa shape index (κ3) is 4.21. The molecule has 1 saturated carbocycles. The second kappa shape index (κ2) is 6.94. The van der Waals surface area contributed by atoms with Gasteiger partial charge in [0.25, 0.3) is 5.91 Å². The molecule has 0 heterocycles. The molecule has 0 saturated heterocycles. The number of carbonyl (C=O) groups is 1. The summed E-state index contributed by atoms with van der Waals surface area (Å²) in [5.74, 6) is 0.714. The first-order valence-electron chi connectivity index (χ1n) is 7.80. The quantitative estimate of drug-likeness (QED) is 0.876. The van der Waals surface area contributed by atoms with Gasteiger partial charge in [0.05, 0.1) is 0 Å². The highest BCUT2D eigenvalue weighted by atomic mass is 16.5. The monoisotopic (exact) mass is 290 g/mol. The second-order valence-corrected chi connectivity index (χ2v) is 6.06. The molecule has 2 atom stereocenters. The molecule has 4 nitrogen and oxygen atoms in total. The molecule has 0 radical (unpaired) electrons. The Bertz CT molecular complexity index is 494. The van der Waals surface area contributed by atoms with Crippen LogP contribution in [0.3, 0.4) is 0 Å². The van der Waals surface area contributed by atoms with Crippen molar-refractivity contribution in [3.05, 3.63) is 29.3 Å².